The second-order valence-corrected chi connectivity index (χ2v) is 10.6. The molecular weight excluding hydrogens is 485 g/mol. The number of aryl methyl sites for hydroxylation is 1. The Morgan fingerprint density at radius 3 is 2.53 bits per heavy atom. The number of nitrogens with zero attached hydrogens (tertiary/aromatic N) is 5. The Bertz CT molecular complexity index is 1070. The van der Waals surface area contributed by atoms with E-state index in [1.165, 1.54) is 0 Å². The van der Waals surface area contributed by atoms with Crippen LogP contribution in [0.25, 0.3) is 11.2 Å². The summed E-state index contributed by atoms with van der Waals surface area (Å²) in [6, 6.07) is 2.50. The normalized spacial score (nSPS) is 13.6. The zero-order valence-corrected chi connectivity index (χ0v) is 23.0. The number of H-pyrrole nitrogens is 1. The van der Waals surface area contributed by atoms with Crippen LogP contribution in [0.5, 0.6) is 0 Å². The number of nitrogens with one attached hydrogen (secondary N) is 2. The Hall–Kier alpha value is -2.42. The van der Waals surface area contributed by atoms with E-state index in [2.05, 4.69) is 58.7 Å². The number of rotatable bonds is 15. The van der Waals surface area contributed by atoms with Crippen molar-refractivity contribution in [1.82, 2.24) is 24.2 Å². The summed E-state index contributed by atoms with van der Waals surface area (Å²) in [5, 5.41) is 11.5. The molecule has 0 fully saturated rings. The Morgan fingerprint density at radius 2 is 1.94 bits per heavy atom. The largest absolute Gasteiger partial charge is 0.379 e. The molecule has 13 heteroatoms. The van der Waals surface area contributed by atoms with Crippen molar-refractivity contribution in [3.05, 3.63) is 16.7 Å². The maximum Gasteiger partial charge on any atom is 0.280 e. The highest BCUT2D eigenvalue weighted by atomic mass is 31.2. The third kappa shape index (κ3) is 8.32. The zero-order chi connectivity index (χ0) is 26.8. The van der Waals surface area contributed by atoms with Gasteiger partial charge in [-0.1, -0.05) is 13.8 Å². The van der Waals surface area contributed by atoms with Crippen molar-refractivity contribution in [2.24, 2.45) is 5.92 Å². The van der Waals surface area contributed by atoms with Gasteiger partial charge in [0, 0.05) is 31.7 Å². The van der Waals surface area contributed by atoms with Crippen LogP contribution in [0.4, 0.5) is 5.95 Å². The van der Waals surface area contributed by atoms with Crippen LogP contribution in [-0.4, -0.2) is 68.6 Å². The van der Waals surface area contributed by atoms with Crippen molar-refractivity contribution in [1.29, 1.82) is 5.26 Å². The van der Waals surface area contributed by atoms with Crippen LogP contribution in [0.15, 0.2) is 11.1 Å². The average molecular weight is 524 g/mol. The fourth-order valence-corrected chi connectivity index (χ4v) is 5.09. The molecule has 0 aliphatic heterocycles. The summed E-state index contributed by atoms with van der Waals surface area (Å²) in [4.78, 5) is 35.6. The molecule has 0 aliphatic rings. The number of ether oxygens (including phenoxy) is 1. The summed E-state index contributed by atoms with van der Waals surface area (Å²) in [6.45, 7) is 12.9. The van der Waals surface area contributed by atoms with Crippen molar-refractivity contribution < 1.29 is 18.6 Å². The lowest BCUT2D eigenvalue weighted by Crippen LogP contribution is -2.34. The van der Waals surface area contributed by atoms with Gasteiger partial charge in [0.15, 0.2) is 11.2 Å². The zero-order valence-electron chi connectivity index (χ0n) is 22.1. The van der Waals surface area contributed by atoms with Gasteiger partial charge >= 0.3 is 0 Å². The number of aromatic amines is 1. The lowest BCUT2D eigenvalue weighted by atomic mass is 10.2. The monoisotopic (exact) mass is 523 g/mol. The molecule has 2 atom stereocenters. The van der Waals surface area contributed by atoms with E-state index >= 15 is 0 Å². The Morgan fingerprint density at radius 1 is 1.25 bits per heavy atom. The predicted octanol–water partition coefficient (Wildman–Crippen LogP) is 3.41. The number of fused-ring (bicyclic) bond motifs is 1. The van der Waals surface area contributed by atoms with Crippen LogP contribution in [0.2, 0.25) is 0 Å². The Balaban J connectivity index is 2.10. The van der Waals surface area contributed by atoms with Crippen molar-refractivity contribution >= 4 is 31.5 Å². The lowest BCUT2D eigenvalue weighted by molar-refractivity contribution is -0.118. The molecule has 0 spiro atoms. The first-order valence-corrected chi connectivity index (χ1v) is 13.2. The first-order chi connectivity index (χ1) is 17.1. The molecule has 2 rings (SSSR count). The molecule has 0 aliphatic carbocycles. The van der Waals surface area contributed by atoms with E-state index in [1.807, 2.05) is 0 Å². The lowest BCUT2D eigenvalue weighted by Gasteiger charge is -2.36. The van der Waals surface area contributed by atoms with Gasteiger partial charge in [-0.2, -0.15) is 10.2 Å². The van der Waals surface area contributed by atoms with E-state index in [0.717, 1.165) is 0 Å². The molecule has 0 saturated heterocycles. The number of carbonyl (C=O) groups excluding carboxylic acids is 1. The molecule has 1 unspecified atom stereocenters. The highest BCUT2D eigenvalue weighted by molar-refractivity contribution is 7.44. The maximum atomic E-state index is 12.4. The first kappa shape index (κ1) is 29.8. The van der Waals surface area contributed by atoms with Crippen LogP contribution in [0.1, 0.15) is 54.4 Å². The Labute approximate surface area is 213 Å². The number of aromatic nitrogens is 4. The standard InChI is InChI=1S/C23H38N7O5P/c1-15(2)21(31)27-23-26-20-19(22(32)28-23)25-14-29(20)11-9-18(33-7)13-35-36(34-12-8-10-24)30(16(3)4)17(5)6/h14-18H,8-9,11-13H2,1-7H3,(H2,26,27,28,31,32)/t18-,36?/m0/s1. The summed E-state index contributed by atoms with van der Waals surface area (Å²) in [6.07, 6.45) is 2.15. The van der Waals surface area contributed by atoms with Crippen molar-refractivity contribution in [2.45, 2.75) is 79.1 Å². The molecule has 0 bridgehead atoms. The van der Waals surface area contributed by atoms with Gasteiger partial charge in [0.1, 0.15) is 0 Å². The number of anilines is 1. The second kappa shape index (κ2) is 14.4. The maximum absolute atomic E-state index is 12.4. The van der Waals surface area contributed by atoms with Crippen LogP contribution < -0.4 is 10.9 Å². The summed E-state index contributed by atoms with van der Waals surface area (Å²) >= 11 is 0. The molecule has 2 N–H and O–H groups in total. The number of carbonyl (C=O) groups is 1. The quantitative estimate of drug-likeness (QED) is 0.265. The molecule has 0 aromatic carbocycles. The van der Waals surface area contributed by atoms with Gasteiger partial charge in [-0.25, -0.2) is 9.65 Å². The topological polar surface area (TPSA) is 147 Å². The molecule has 2 aromatic rings. The number of hydrogen-bond donors (Lipinski definition) is 2. The molecule has 0 saturated carbocycles. The molecule has 2 aromatic heterocycles. The molecular formula is C23H38N7O5P. The third-order valence-corrected chi connectivity index (χ3v) is 7.37. The van der Waals surface area contributed by atoms with Gasteiger partial charge in [0.2, 0.25) is 11.9 Å². The second-order valence-electron chi connectivity index (χ2n) is 9.16. The molecule has 1 amide bonds. The van der Waals surface area contributed by atoms with Crippen LogP contribution in [0.3, 0.4) is 0 Å². The van der Waals surface area contributed by atoms with Crippen LogP contribution in [-0.2, 0) is 25.1 Å². The van der Waals surface area contributed by atoms with E-state index in [1.54, 1.807) is 31.9 Å². The molecule has 12 nitrogen and oxygen atoms in total. The number of imidazole rings is 1. The first-order valence-electron chi connectivity index (χ1n) is 12.1. The number of methoxy groups -OCH3 is 1. The van der Waals surface area contributed by atoms with Gasteiger partial charge in [-0.15, -0.1) is 0 Å². The minimum atomic E-state index is -1.37. The summed E-state index contributed by atoms with van der Waals surface area (Å²) in [5.74, 6) is -0.414. The highest BCUT2D eigenvalue weighted by Crippen LogP contribution is 2.46. The average Bonchev–Trinajstić information content (AvgIpc) is 3.21. The summed E-state index contributed by atoms with van der Waals surface area (Å²) in [7, 11) is 0.241. The van der Waals surface area contributed by atoms with E-state index in [9.17, 15) is 9.59 Å². The molecule has 2 heterocycles. The Kier molecular flexibility index (Phi) is 11.9. The van der Waals surface area contributed by atoms with Crippen molar-refractivity contribution in [3.63, 3.8) is 0 Å². The van der Waals surface area contributed by atoms with E-state index in [0.29, 0.717) is 38.2 Å². The van der Waals surface area contributed by atoms with Crippen LogP contribution in [0, 0.1) is 17.2 Å². The number of amides is 1. The summed E-state index contributed by atoms with van der Waals surface area (Å²) in [5.41, 5.74) is 0.148. The minimum absolute atomic E-state index is 0.0854. The number of hydrogen-bond acceptors (Lipinski definition) is 9. The fraction of sp³-hybridized carbons (Fsp3) is 0.696. The van der Waals surface area contributed by atoms with Gasteiger partial charge in [-0.05, 0) is 34.1 Å². The summed E-state index contributed by atoms with van der Waals surface area (Å²) < 4.78 is 21.7. The van der Waals surface area contributed by atoms with Gasteiger partial charge in [0.25, 0.3) is 14.1 Å². The van der Waals surface area contributed by atoms with Gasteiger partial charge in [0.05, 0.1) is 38.1 Å². The highest BCUT2D eigenvalue weighted by Gasteiger charge is 2.28. The van der Waals surface area contributed by atoms with Crippen molar-refractivity contribution in [3.8, 4) is 6.07 Å². The van der Waals surface area contributed by atoms with E-state index in [-0.39, 0.29) is 41.5 Å². The fourth-order valence-electron chi connectivity index (χ4n) is 3.45. The van der Waals surface area contributed by atoms with E-state index in [4.69, 9.17) is 19.0 Å². The molecule has 36 heavy (non-hydrogen) atoms. The smallest absolute Gasteiger partial charge is 0.280 e. The van der Waals surface area contributed by atoms with Crippen LogP contribution >= 0.6 is 8.53 Å². The van der Waals surface area contributed by atoms with E-state index < -0.39 is 14.1 Å². The molecule has 200 valence electrons. The van der Waals surface area contributed by atoms with Gasteiger partial charge in [-0.3, -0.25) is 19.9 Å². The predicted molar refractivity (Wildman–Crippen MR) is 138 cm³/mol. The minimum Gasteiger partial charge on any atom is -0.379 e. The SMILES string of the molecule is CO[C@@H](CCn1cnc2c(=O)[nH]c(NC(=O)C(C)C)nc21)COP(OCCC#N)N(C(C)C)C(C)C. The third-order valence-electron chi connectivity index (χ3n) is 5.30. The molecule has 0 radical (unpaired) electrons. The van der Waals surface area contributed by atoms with Gasteiger partial charge < -0.3 is 18.4 Å². The van der Waals surface area contributed by atoms with Crippen molar-refractivity contribution in [2.75, 3.05) is 25.6 Å². The number of nitriles is 1.